The van der Waals surface area contributed by atoms with Crippen LogP contribution in [-0.4, -0.2) is 25.2 Å². The lowest BCUT2D eigenvalue weighted by Crippen LogP contribution is -2.28. The molecule has 6 nitrogen and oxygen atoms in total. The molecular formula is C21H17BrFN5O. The summed E-state index contributed by atoms with van der Waals surface area (Å²) in [5, 5.41) is 8.14. The number of carbonyl (C=O) groups excluding carboxylic acids is 1. The van der Waals surface area contributed by atoms with E-state index >= 15 is 0 Å². The van der Waals surface area contributed by atoms with Crippen molar-refractivity contribution in [3.63, 3.8) is 0 Å². The average molecular weight is 454 g/mol. The number of nitrogens with zero attached hydrogens (tertiary/aromatic N) is 4. The minimum absolute atomic E-state index is 0.129. The molecule has 1 N–H and O–H groups in total. The van der Waals surface area contributed by atoms with Gasteiger partial charge in [0.15, 0.2) is 0 Å². The zero-order chi connectivity index (χ0) is 20.0. The highest BCUT2D eigenvalue weighted by Crippen LogP contribution is 2.37. The Balaban J connectivity index is 1.49. The normalized spacial score (nSPS) is 12.6. The first-order valence-electron chi connectivity index (χ1n) is 9.30. The summed E-state index contributed by atoms with van der Waals surface area (Å²) < 4.78 is 18.7. The molecule has 0 spiro atoms. The maximum absolute atomic E-state index is 13.9. The molecule has 1 aliphatic rings. The van der Waals surface area contributed by atoms with Gasteiger partial charge in [-0.2, -0.15) is 5.10 Å². The van der Waals surface area contributed by atoms with Gasteiger partial charge in [0.05, 0.1) is 23.6 Å². The van der Waals surface area contributed by atoms with Gasteiger partial charge in [-0.3, -0.25) is 14.5 Å². The molecule has 1 amide bonds. The summed E-state index contributed by atoms with van der Waals surface area (Å²) in [6.07, 6.45) is 4.21. The lowest BCUT2D eigenvalue weighted by molar-refractivity contribution is -0.121. The number of hydrogen-bond donors (Lipinski definition) is 1. The van der Waals surface area contributed by atoms with Crippen LogP contribution in [0.1, 0.15) is 11.3 Å². The number of halogens is 2. The van der Waals surface area contributed by atoms with E-state index in [4.69, 9.17) is 0 Å². The number of aryl methyl sites for hydroxylation is 2. The quantitative estimate of drug-likeness (QED) is 0.512. The van der Waals surface area contributed by atoms with Gasteiger partial charge in [-0.15, -0.1) is 0 Å². The minimum atomic E-state index is -0.276. The van der Waals surface area contributed by atoms with E-state index in [0.29, 0.717) is 6.54 Å². The summed E-state index contributed by atoms with van der Waals surface area (Å²) >= 11 is 3.35. The number of hydrogen-bond acceptors (Lipinski definition) is 3. The molecule has 146 valence electrons. The highest BCUT2D eigenvalue weighted by Gasteiger charge is 2.26. The predicted octanol–water partition coefficient (Wildman–Crippen LogP) is 3.67. The van der Waals surface area contributed by atoms with E-state index in [1.54, 1.807) is 24.5 Å². The van der Waals surface area contributed by atoms with Gasteiger partial charge >= 0.3 is 0 Å². The zero-order valence-electron chi connectivity index (χ0n) is 15.4. The Morgan fingerprint density at radius 1 is 1.24 bits per heavy atom. The monoisotopic (exact) mass is 453 g/mol. The van der Waals surface area contributed by atoms with Crippen LogP contribution >= 0.6 is 15.9 Å². The van der Waals surface area contributed by atoms with Gasteiger partial charge < -0.3 is 9.88 Å². The molecular weight excluding hydrogens is 437 g/mol. The van der Waals surface area contributed by atoms with E-state index in [1.165, 1.54) is 6.07 Å². The second-order valence-corrected chi connectivity index (χ2v) is 7.92. The van der Waals surface area contributed by atoms with Crippen molar-refractivity contribution < 1.29 is 9.18 Å². The van der Waals surface area contributed by atoms with Gasteiger partial charge in [0.1, 0.15) is 12.4 Å². The van der Waals surface area contributed by atoms with Gasteiger partial charge in [0.2, 0.25) is 5.91 Å². The van der Waals surface area contributed by atoms with Crippen LogP contribution in [0.4, 0.5) is 4.39 Å². The molecule has 4 aromatic rings. The fraction of sp³-hybridized carbons (Fsp3) is 0.190. The first-order chi connectivity index (χ1) is 14.1. The van der Waals surface area contributed by atoms with Crippen molar-refractivity contribution in [2.75, 3.05) is 0 Å². The minimum Gasteiger partial charge on any atom is -0.349 e. The van der Waals surface area contributed by atoms with E-state index in [-0.39, 0.29) is 18.3 Å². The van der Waals surface area contributed by atoms with Crippen molar-refractivity contribution in [1.29, 1.82) is 0 Å². The third-order valence-corrected chi connectivity index (χ3v) is 5.69. The van der Waals surface area contributed by atoms with Crippen LogP contribution in [0.25, 0.3) is 22.3 Å². The maximum atomic E-state index is 13.9. The third kappa shape index (κ3) is 3.23. The fourth-order valence-electron chi connectivity index (χ4n) is 3.94. The summed E-state index contributed by atoms with van der Waals surface area (Å²) in [6.45, 7) is 1.23. The van der Waals surface area contributed by atoms with Gasteiger partial charge in [0.25, 0.3) is 0 Å². The Morgan fingerprint density at radius 3 is 2.97 bits per heavy atom. The fourth-order valence-corrected chi connectivity index (χ4v) is 4.17. The second-order valence-electron chi connectivity index (χ2n) is 7.01. The van der Waals surface area contributed by atoms with Crippen molar-refractivity contribution in [1.82, 2.24) is 24.6 Å². The van der Waals surface area contributed by atoms with Gasteiger partial charge in [-0.1, -0.05) is 0 Å². The Labute approximate surface area is 174 Å². The molecule has 0 bridgehead atoms. The standard InChI is InChI=1S/C21H17BrFN5O/c22-13-1-3-15(24-10-13)11-25-20(29)12-27-18-4-2-14(23)9-17(18)16-6-8-28-19(21(16)27)5-7-26-28/h1-5,7,9-10H,6,8,11-12H2,(H,25,29). The van der Waals surface area contributed by atoms with Gasteiger partial charge in [0, 0.05) is 34.3 Å². The number of pyridine rings is 1. The summed E-state index contributed by atoms with van der Waals surface area (Å²) in [7, 11) is 0. The molecule has 0 aliphatic carbocycles. The van der Waals surface area contributed by atoms with E-state index in [0.717, 1.165) is 51.0 Å². The largest absolute Gasteiger partial charge is 0.349 e. The number of benzene rings is 1. The van der Waals surface area contributed by atoms with Crippen molar-refractivity contribution in [3.05, 3.63) is 70.3 Å². The van der Waals surface area contributed by atoms with Gasteiger partial charge in [-0.25, -0.2) is 4.39 Å². The molecule has 1 aliphatic heterocycles. The van der Waals surface area contributed by atoms with Crippen molar-refractivity contribution in [3.8, 4) is 11.4 Å². The first kappa shape index (κ1) is 18.1. The first-order valence-corrected chi connectivity index (χ1v) is 10.1. The summed E-state index contributed by atoms with van der Waals surface area (Å²) in [5.41, 5.74) is 4.58. The molecule has 0 fully saturated rings. The molecule has 0 unspecified atom stereocenters. The Kier molecular flexibility index (Phi) is 4.43. The molecule has 5 rings (SSSR count). The SMILES string of the molecule is O=C(Cn1c2c(c3cc(F)ccc31)CCn1nccc1-2)NCc1ccc(Br)cn1. The summed E-state index contributed by atoms with van der Waals surface area (Å²) in [6, 6.07) is 10.4. The van der Waals surface area contributed by atoms with Crippen LogP contribution in [0.5, 0.6) is 0 Å². The molecule has 1 aromatic carbocycles. The molecule has 0 radical (unpaired) electrons. The number of aromatic nitrogens is 4. The molecule has 0 saturated carbocycles. The molecule has 0 atom stereocenters. The molecule has 3 aromatic heterocycles. The van der Waals surface area contributed by atoms with E-state index in [9.17, 15) is 9.18 Å². The molecule has 8 heteroatoms. The number of fused-ring (bicyclic) bond motifs is 5. The second kappa shape index (κ2) is 7.11. The van der Waals surface area contributed by atoms with Crippen molar-refractivity contribution in [2.24, 2.45) is 0 Å². The summed E-state index contributed by atoms with van der Waals surface area (Å²) in [4.78, 5) is 17.0. The van der Waals surface area contributed by atoms with E-state index in [1.807, 2.05) is 27.4 Å². The molecule has 0 saturated heterocycles. The summed E-state index contributed by atoms with van der Waals surface area (Å²) in [5.74, 6) is -0.405. The van der Waals surface area contributed by atoms with Crippen LogP contribution in [0.15, 0.2) is 53.3 Å². The van der Waals surface area contributed by atoms with Crippen LogP contribution in [-0.2, 0) is 30.8 Å². The number of rotatable bonds is 4. The Bertz CT molecular complexity index is 1230. The van der Waals surface area contributed by atoms with Crippen LogP contribution < -0.4 is 5.32 Å². The van der Waals surface area contributed by atoms with Crippen LogP contribution in [0, 0.1) is 5.82 Å². The maximum Gasteiger partial charge on any atom is 0.240 e. The lowest BCUT2D eigenvalue weighted by Gasteiger charge is -2.18. The predicted molar refractivity (Wildman–Crippen MR) is 111 cm³/mol. The third-order valence-electron chi connectivity index (χ3n) is 5.22. The highest BCUT2D eigenvalue weighted by atomic mass is 79.9. The highest BCUT2D eigenvalue weighted by molar-refractivity contribution is 9.10. The van der Waals surface area contributed by atoms with E-state index in [2.05, 4.69) is 31.3 Å². The number of carbonyl (C=O) groups is 1. The topological polar surface area (TPSA) is 64.7 Å². The number of amides is 1. The average Bonchev–Trinajstić information content (AvgIpc) is 3.30. The molecule has 4 heterocycles. The Morgan fingerprint density at radius 2 is 2.14 bits per heavy atom. The lowest BCUT2D eigenvalue weighted by atomic mass is 10.0. The van der Waals surface area contributed by atoms with Crippen LogP contribution in [0.3, 0.4) is 0 Å². The Hall–Kier alpha value is -3.00. The van der Waals surface area contributed by atoms with Crippen molar-refractivity contribution in [2.45, 2.75) is 26.1 Å². The van der Waals surface area contributed by atoms with Gasteiger partial charge in [-0.05, 0) is 64.3 Å². The molecule has 29 heavy (non-hydrogen) atoms. The zero-order valence-corrected chi connectivity index (χ0v) is 17.0. The van der Waals surface area contributed by atoms with Crippen molar-refractivity contribution >= 4 is 32.7 Å². The van der Waals surface area contributed by atoms with Crippen LogP contribution in [0.2, 0.25) is 0 Å². The smallest absolute Gasteiger partial charge is 0.240 e. The van der Waals surface area contributed by atoms with E-state index < -0.39 is 0 Å². The number of nitrogens with one attached hydrogen (secondary N) is 1.